The summed E-state index contributed by atoms with van der Waals surface area (Å²) in [5, 5.41) is 3.36. The fourth-order valence-electron chi connectivity index (χ4n) is 4.75. The van der Waals surface area contributed by atoms with Crippen molar-refractivity contribution < 1.29 is 23.9 Å². The number of aliphatic imine (C=N–C) groups is 1. The number of aryl methyl sites for hydroxylation is 1. The molecule has 2 atom stereocenters. The number of ether oxygens (including phenoxy) is 2. The summed E-state index contributed by atoms with van der Waals surface area (Å²) in [6.07, 6.45) is 2.41. The Morgan fingerprint density at radius 2 is 1.79 bits per heavy atom. The lowest BCUT2D eigenvalue weighted by Gasteiger charge is -2.21. The third-order valence-corrected chi connectivity index (χ3v) is 7.84. The molecule has 2 heterocycles. The SMILES string of the molecule is CCOC(=O)CCN(C(=O)c1ccc2c(c1)nc(CNc1ccc(/C(N)=N/COC(=O)C(N)C(C)CC)cc1)n2C)c1ccccn1. The molecular weight excluding hydrogens is 600 g/mol. The number of rotatable bonds is 15. The number of amidine groups is 1. The number of anilines is 2. The number of fused-ring (bicyclic) bond motifs is 1. The smallest absolute Gasteiger partial charge is 0.324 e. The molecule has 0 aliphatic rings. The number of imidazole rings is 1. The van der Waals surface area contributed by atoms with Crippen molar-refractivity contribution in [3.63, 3.8) is 0 Å². The minimum atomic E-state index is -0.695. The fourth-order valence-corrected chi connectivity index (χ4v) is 4.75. The molecule has 47 heavy (non-hydrogen) atoms. The monoisotopic (exact) mass is 642 g/mol. The second-order valence-electron chi connectivity index (χ2n) is 11.0. The molecule has 0 spiro atoms. The van der Waals surface area contributed by atoms with Crippen molar-refractivity contribution in [2.75, 3.05) is 30.1 Å². The van der Waals surface area contributed by atoms with Gasteiger partial charge in [-0.1, -0.05) is 26.3 Å². The van der Waals surface area contributed by atoms with Gasteiger partial charge in [-0.15, -0.1) is 0 Å². The minimum absolute atomic E-state index is 0.0125. The van der Waals surface area contributed by atoms with Crippen molar-refractivity contribution >= 4 is 46.2 Å². The number of carbonyl (C=O) groups is 3. The van der Waals surface area contributed by atoms with Gasteiger partial charge in [0.2, 0.25) is 0 Å². The molecule has 0 saturated heterocycles. The van der Waals surface area contributed by atoms with Crippen molar-refractivity contribution in [2.24, 2.45) is 29.4 Å². The summed E-state index contributed by atoms with van der Waals surface area (Å²) in [6.45, 7) is 6.21. The van der Waals surface area contributed by atoms with Crippen LogP contribution >= 0.6 is 0 Å². The number of hydrogen-bond acceptors (Lipinski definition) is 10. The summed E-state index contributed by atoms with van der Waals surface area (Å²) in [5.41, 5.74) is 15.4. The van der Waals surface area contributed by atoms with Crippen LogP contribution in [0.15, 0.2) is 71.9 Å². The van der Waals surface area contributed by atoms with Gasteiger partial charge in [0.15, 0.2) is 6.73 Å². The van der Waals surface area contributed by atoms with E-state index in [1.54, 1.807) is 43.5 Å². The quantitative estimate of drug-likeness (QED) is 0.0982. The molecule has 4 aromatic rings. The highest BCUT2D eigenvalue weighted by Gasteiger charge is 2.22. The van der Waals surface area contributed by atoms with E-state index >= 15 is 0 Å². The van der Waals surface area contributed by atoms with Crippen molar-refractivity contribution in [3.8, 4) is 0 Å². The number of aromatic nitrogens is 3. The molecular formula is C34H42N8O5. The van der Waals surface area contributed by atoms with E-state index in [1.807, 2.05) is 55.8 Å². The van der Waals surface area contributed by atoms with Crippen molar-refractivity contribution in [1.29, 1.82) is 0 Å². The maximum atomic E-state index is 13.6. The van der Waals surface area contributed by atoms with Crippen LogP contribution in [0.25, 0.3) is 11.0 Å². The molecule has 0 aliphatic carbocycles. The van der Waals surface area contributed by atoms with Gasteiger partial charge in [0.05, 0.1) is 30.6 Å². The first-order valence-electron chi connectivity index (χ1n) is 15.5. The van der Waals surface area contributed by atoms with Gasteiger partial charge in [0.1, 0.15) is 23.5 Å². The zero-order chi connectivity index (χ0) is 33.9. The number of pyridine rings is 1. The van der Waals surface area contributed by atoms with E-state index in [2.05, 4.69) is 15.3 Å². The van der Waals surface area contributed by atoms with Crippen LogP contribution in [-0.4, -0.2) is 64.1 Å². The molecule has 0 radical (unpaired) electrons. The molecule has 13 heteroatoms. The van der Waals surface area contributed by atoms with Crippen LogP contribution < -0.4 is 21.7 Å². The average Bonchev–Trinajstić information content (AvgIpc) is 3.41. The van der Waals surface area contributed by atoms with Gasteiger partial charge in [0.25, 0.3) is 5.91 Å². The molecule has 2 aromatic carbocycles. The highest BCUT2D eigenvalue weighted by atomic mass is 16.5. The molecule has 248 valence electrons. The number of nitrogens with one attached hydrogen (secondary N) is 1. The summed E-state index contributed by atoms with van der Waals surface area (Å²) in [7, 11) is 1.91. The summed E-state index contributed by atoms with van der Waals surface area (Å²) in [5.74, 6) is 0.274. The van der Waals surface area contributed by atoms with E-state index in [4.69, 9.17) is 25.9 Å². The van der Waals surface area contributed by atoms with Gasteiger partial charge in [-0.25, -0.2) is 15.0 Å². The van der Waals surface area contributed by atoms with E-state index < -0.39 is 12.0 Å². The fraction of sp³-hybridized carbons (Fsp3) is 0.353. The normalized spacial score (nSPS) is 12.7. The van der Waals surface area contributed by atoms with Crippen LogP contribution in [0.3, 0.4) is 0 Å². The van der Waals surface area contributed by atoms with E-state index in [1.165, 1.54) is 4.90 Å². The first-order valence-corrected chi connectivity index (χ1v) is 15.5. The van der Waals surface area contributed by atoms with Crippen LogP contribution in [0.1, 0.15) is 55.4 Å². The maximum absolute atomic E-state index is 13.6. The third kappa shape index (κ3) is 8.91. The zero-order valence-corrected chi connectivity index (χ0v) is 27.2. The largest absolute Gasteiger partial charge is 0.466 e. The average molecular weight is 643 g/mol. The van der Waals surface area contributed by atoms with Crippen LogP contribution in [0, 0.1) is 5.92 Å². The second-order valence-corrected chi connectivity index (χ2v) is 11.0. The van der Waals surface area contributed by atoms with E-state index in [0.29, 0.717) is 29.0 Å². The van der Waals surface area contributed by atoms with Gasteiger partial charge in [-0.3, -0.25) is 19.3 Å². The first kappa shape index (κ1) is 34.6. The first-order chi connectivity index (χ1) is 22.6. The standard InChI is InChI=1S/C34H42N8O5/c1-5-22(3)31(35)34(45)47-21-39-32(36)23-10-13-25(14-11-23)38-20-29-40-26-19-24(12-15-27(26)41(29)4)33(44)42(18-16-30(43)46-6-2)28-9-7-8-17-37-28/h7-15,17,19,22,31,38H,5-6,16,18,20-21,35H2,1-4H3,(H2,36,39). The molecule has 0 saturated carbocycles. The number of carbonyl (C=O) groups excluding carboxylic acids is 3. The predicted molar refractivity (Wildman–Crippen MR) is 181 cm³/mol. The van der Waals surface area contributed by atoms with Gasteiger partial charge in [0, 0.05) is 36.6 Å². The third-order valence-electron chi connectivity index (χ3n) is 7.84. The number of nitrogens with zero attached hydrogens (tertiary/aromatic N) is 5. The number of nitrogens with two attached hydrogens (primary N) is 2. The highest BCUT2D eigenvalue weighted by molar-refractivity contribution is 6.07. The molecule has 0 fully saturated rings. The minimum Gasteiger partial charge on any atom is -0.466 e. The van der Waals surface area contributed by atoms with Crippen LogP contribution in [0.2, 0.25) is 0 Å². The molecule has 13 nitrogen and oxygen atoms in total. The molecule has 2 unspecified atom stereocenters. The Morgan fingerprint density at radius 1 is 1.04 bits per heavy atom. The van der Waals surface area contributed by atoms with Crippen molar-refractivity contribution in [2.45, 2.75) is 46.2 Å². The Labute approximate surface area is 274 Å². The summed E-state index contributed by atoms with van der Waals surface area (Å²) in [6, 6.07) is 17.3. The van der Waals surface area contributed by atoms with Crippen LogP contribution in [0.5, 0.6) is 0 Å². The lowest BCUT2D eigenvalue weighted by atomic mass is 10.0. The lowest BCUT2D eigenvalue weighted by Crippen LogP contribution is -2.38. The Kier molecular flexibility index (Phi) is 12.0. The topological polar surface area (TPSA) is 180 Å². The van der Waals surface area contributed by atoms with Crippen molar-refractivity contribution in [3.05, 3.63) is 83.8 Å². The number of hydrogen-bond donors (Lipinski definition) is 3. The summed E-state index contributed by atoms with van der Waals surface area (Å²) < 4.78 is 12.2. The molecule has 1 amide bonds. The molecule has 0 aliphatic heterocycles. The number of esters is 2. The van der Waals surface area contributed by atoms with Crippen molar-refractivity contribution in [1.82, 2.24) is 14.5 Å². The Bertz CT molecular complexity index is 1710. The molecule has 5 N–H and O–H groups in total. The lowest BCUT2D eigenvalue weighted by molar-refractivity contribution is -0.146. The van der Waals surface area contributed by atoms with Gasteiger partial charge >= 0.3 is 11.9 Å². The molecule has 2 aromatic heterocycles. The number of amides is 1. The predicted octanol–water partition coefficient (Wildman–Crippen LogP) is 3.76. The molecule has 4 rings (SSSR count). The van der Waals surface area contributed by atoms with Crippen LogP contribution in [0.4, 0.5) is 11.5 Å². The van der Waals surface area contributed by atoms with Gasteiger partial charge in [-0.2, -0.15) is 0 Å². The highest BCUT2D eigenvalue weighted by Crippen LogP contribution is 2.21. The Morgan fingerprint density at radius 3 is 2.47 bits per heavy atom. The van der Waals surface area contributed by atoms with E-state index in [0.717, 1.165) is 23.4 Å². The summed E-state index contributed by atoms with van der Waals surface area (Å²) in [4.78, 5) is 52.4. The second kappa shape index (κ2) is 16.3. The van der Waals surface area contributed by atoms with Gasteiger partial charge < -0.3 is 30.8 Å². The Balaban J connectivity index is 1.40. The summed E-state index contributed by atoms with van der Waals surface area (Å²) >= 11 is 0. The van der Waals surface area contributed by atoms with E-state index in [9.17, 15) is 14.4 Å². The van der Waals surface area contributed by atoms with Gasteiger partial charge in [-0.05, 0) is 67.4 Å². The Hall–Kier alpha value is -5.30. The number of benzene rings is 2. The van der Waals surface area contributed by atoms with E-state index in [-0.39, 0.29) is 49.9 Å². The molecule has 0 bridgehead atoms. The van der Waals surface area contributed by atoms with Crippen LogP contribution in [-0.2, 0) is 32.7 Å². The zero-order valence-electron chi connectivity index (χ0n) is 27.2. The maximum Gasteiger partial charge on any atom is 0.324 e.